The number of methoxy groups -OCH3 is 2. The number of benzene rings is 2. The van der Waals surface area contributed by atoms with Gasteiger partial charge in [0.15, 0.2) is 0 Å². The van der Waals surface area contributed by atoms with Crippen LogP contribution in [0.3, 0.4) is 0 Å². The zero-order chi connectivity index (χ0) is 28.2. The van der Waals surface area contributed by atoms with Gasteiger partial charge in [-0.05, 0) is 51.5 Å². The van der Waals surface area contributed by atoms with Crippen molar-refractivity contribution in [1.29, 1.82) is 0 Å². The summed E-state index contributed by atoms with van der Waals surface area (Å²) in [5.41, 5.74) is 2.38. The highest BCUT2D eigenvalue weighted by atomic mass is 32.1. The Balaban J connectivity index is 1.94. The van der Waals surface area contributed by atoms with E-state index >= 15 is 0 Å². The molecule has 8 nitrogen and oxygen atoms in total. The number of ether oxygens (including phenoxy) is 4. The molecule has 0 spiro atoms. The van der Waals surface area contributed by atoms with Crippen molar-refractivity contribution < 1.29 is 28.5 Å². The van der Waals surface area contributed by atoms with Crippen LogP contribution in [0.1, 0.15) is 44.2 Å². The normalized spacial score (nSPS) is 20.7. The van der Waals surface area contributed by atoms with Crippen LogP contribution >= 0.6 is 11.3 Å². The minimum Gasteiger partial charge on any atom is -0.497 e. The van der Waals surface area contributed by atoms with Crippen LogP contribution in [0.2, 0.25) is 0 Å². The Kier molecular flexibility index (Phi) is 8.60. The van der Waals surface area contributed by atoms with Gasteiger partial charge in [-0.15, -0.1) is 11.3 Å². The van der Waals surface area contributed by atoms with Crippen molar-refractivity contribution in [2.45, 2.75) is 39.2 Å². The van der Waals surface area contributed by atoms with Crippen molar-refractivity contribution in [3.05, 3.63) is 75.8 Å². The number of allylic oxidation sites excluding steroid dienone is 1. The molecule has 3 aromatic rings. The zero-order valence-electron chi connectivity index (χ0n) is 23.1. The number of thiazole rings is 1. The first-order valence-corrected chi connectivity index (χ1v) is 13.7. The molecule has 0 aliphatic carbocycles. The smallest absolute Gasteiger partial charge is 0.336 e. The van der Waals surface area contributed by atoms with Crippen LogP contribution in [0.5, 0.6) is 11.5 Å². The molecule has 1 aliphatic heterocycles. The van der Waals surface area contributed by atoms with Gasteiger partial charge in [-0.1, -0.05) is 30.3 Å². The summed E-state index contributed by atoms with van der Waals surface area (Å²) in [7, 11) is 3.19. The summed E-state index contributed by atoms with van der Waals surface area (Å²) in [6.07, 6.45) is 0. The van der Waals surface area contributed by atoms with E-state index in [1.807, 2.05) is 67.8 Å². The van der Waals surface area contributed by atoms with Gasteiger partial charge in [-0.2, -0.15) is 0 Å². The fourth-order valence-corrected chi connectivity index (χ4v) is 6.19. The molecule has 39 heavy (non-hydrogen) atoms. The number of carbonyl (C=O) groups excluding carboxylic acids is 2. The first-order valence-electron chi connectivity index (χ1n) is 12.8. The Morgan fingerprint density at radius 1 is 1.03 bits per heavy atom. The lowest BCUT2D eigenvalue weighted by atomic mass is 9.67. The Hall–Kier alpha value is -3.85. The third-order valence-corrected chi connectivity index (χ3v) is 7.93. The Morgan fingerprint density at radius 3 is 2.38 bits per heavy atom. The van der Waals surface area contributed by atoms with Gasteiger partial charge in [0.05, 0.1) is 56.1 Å². The maximum atomic E-state index is 13.8. The highest BCUT2D eigenvalue weighted by Crippen LogP contribution is 2.50. The predicted octanol–water partition coefficient (Wildman–Crippen LogP) is 5.45. The minimum atomic E-state index is -0.891. The molecular formula is C30H34N2O6S. The molecule has 4 rings (SSSR count). The van der Waals surface area contributed by atoms with Gasteiger partial charge >= 0.3 is 11.9 Å². The van der Waals surface area contributed by atoms with E-state index in [9.17, 15) is 9.59 Å². The molecule has 9 heteroatoms. The maximum absolute atomic E-state index is 13.8. The van der Waals surface area contributed by atoms with Crippen LogP contribution in [0.15, 0.2) is 65.2 Å². The molecule has 206 valence electrons. The van der Waals surface area contributed by atoms with E-state index in [0.29, 0.717) is 33.5 Å². The second kappa shape index (κ2) is 11.9. The average Bonchev–Trinajstić information content (AvgIpc) is 3.43. The van der Waals surface area contributed by atoms with Crippen LogP contribution in [0.4, 0.5) is 0 Å². The molecule has 0 fully saturated rings. The van der Waals surface area contributed by atoms with E-state index < -0.39 is 29.3 Å². The van der Waals surface area contributed by atoms with E-state index in [1.54, 1.807) is 28.1 Å². The van der Waals surface area contributed by atoms with Crippen LogP contribution in [-0.2, 0) is 24.6 Å². The number of esters is 2. The summed E-state index contributed by atoms with van der Waals surface area (Å²) >= 11 is 1.38. The molecule has 0 bridgehead atoms. The fraction of sp³-hybridized carbons (Fsp3) is 0.367. The van der Waals surface area contributed by atoms with E-state index in [-0.39, 0.29) is 13.2 Å². The topological polar surface area (TPSA) is 96.0 Å². The fourth-order valence-electron chi connectivity index (χ4n) is 5.23. The van der Waals surface area contributed by atoms with Gasteiger partial charge in [0, 0.05) is 16.6 Å². The van der Waals surface area contributed by atoms with Crippen molar-refractivity contribution in [2.24, 2.45) is 5.92 Å². The average molecular weight is 551 g/mol. The Labute approximate surface area is 233 Å². The van der Waals surface area contributed by atoms with Crippen molar-refractivity contribution >= 4 is 23.3 Å². The van der Waals surface area contributed by atoms with Gasteiger partial charge < -0.3 is 24.3 Å². The third-order valence-electron chi connectivity index (χ3n) is 7.00. The Morgan fingerprint density at radius 2 is 1.74 bits per heavy atom. The number of nitrogens with zero attached hydrogens (tertiary/aromatic N) is 1. The van der Waals surface area contributed by atoms with Crippen molar-refractivity contribution in [1.82, 2.24) is 10.3 Å². The quantitative estimate of drug-likeness (QED) is 0.352. The maximum Gasteiger partial charge on any atom is 0.336 e. The number of aromatic nitrogens is 1. The Bertz CT molecular complexity index is 1370. The molecule has 0 radical (unpaired) electrons. The van der Waals surface area contributed by atoms with Gasteiger partial charge in [0.1, 0.15) is 16.5 Å². The van der Waals surface area contributed by atoms with Gasteiger partial charge in [-0.25, -0.2) is 9.78 Å². The number of rotatable bonds is 9. The second-order valence-corrected chi connectivity index (χ2v) is 10.2. The monoisotopic (exact) mass is 550 g/mol. The second-order valence-electron chi connectivity index (χ2n) is 9.30. The lowest BCUT2D eigenvalue weighted by Crippen LogP contribution is -2.55. The van der Waals surface area contributed by atoms with Crippen molar-refractivity contribution in [3.8, 4) is 22.8 Å². The van der Waals surface area contributed by atoms with Gasteiger partial charge in [0.2, 0.25) is 0 Å². The summed E-state index contributed by atoms with van der Waals surface area (Å²) < 4.78 is 22.1. The first-order chi connectivity index (χ1) is 18.8. The van der Waals surface area contributed by atoms with Crippen molar-refractivity contribution in [3.63, 3.8) is 0 Å². The van der Waals surface area contributed by atoms with E-state index in [1.165, 1.54) is 11.3 Å². The summed E-state index contributed by atoms with van der Waals surface area (Å²) in [6, 6.07) is 15.2. The summed E-state index contributed by atoms with van der Waals surface area (Å²) in [5, 5.41) is 5.97. The molecule has 2 heterocycles. The van der Waals surface area contributed by atoms with Crippen molar-refractivity contribution in [2.75, 3.05) is 27.4 Å². The number of nitrogens with one attached hydrogen (secondary N) is 1. The molecule has 3 unspecified atom stereocenters. The van der Waals surface area contributed by atoms with Crippen LogP contribution in [-0.4, -0.2) is 44.4 Å². The lowest BCUT2D eigenvalue weighted by Gasteiger charge is -2.46. The number of carbonyl (C=O) groups is 2. The highest BCUT2D eigenvalue weighted by Gasteiger charge is 2.54. The molecule has 2 aromatic carbocycles. The lowest BCUT2D eigenvalue weighted by molar-refractivity contribution is -0.152. The standard InChI is InChI=1S/C30H34N2O6S/c1-7-37-28(33)24-18(3)32-30(4,19-12-10-9-11-13-19)26(29(34)38-8-2)25(24)27-31-22(17-39-27)21-16-20(35-5)14-15-23(21)36-6/h9-17,25-26,32H,7-8H2,1-6H3. The van der Waals surface area contributed by atoms with Crippen LogP contribution in [0, 0.1) is 5.92 Å². The van der Waals surface area contributed by atoms with Crippen LogP contribution in [0.25, 0.3) is 11.3 Å². The van der Waals surface area contributed by atoms with E-state index in [2.05, 4.69) is 5.32 Å². The summed E-state index contributed by atoms with van der Waals surface area (Å²) in [5.74, 6) is -1.16. The summed E-state index contributed by atoms with van der Waals surface area (Å²) in [4.78, 5) is 32.1. The molecule has 1 N–H and O–H groups in total. The molecule has 1 aromatic heterocycles. The first kappa shape index (κ1) is 28.2. The summed E-state index contributed by atoms with van der Waals surface area (Å²) in [6.45, 7) is 7.73. The highest BCUT2D eigenvalue weighted by molar-refractivity contribution is 7.10. The van der Waals surface area contributed by atoms with Gasteiger partial charge in [-0.3, -0.25) is 4.79 Å². The molecule has 0 amide bonds. The SMILES string of the molecule is CCOC(=O)C1=C(C)NC(C)(c2ccccc2)C(C(=O)OCC)C1c1nc(-c2cc(OC)ccc2OC)cs1. The number of hydrogen-bond acceptors (Lipinski definition) is 9. The minimum absolute atomic E-state index is 0.201. The molecule has 0 saturated heterocycles. The van der Waals surface area contributed by atoms with E-state index in [0.717, 1.165) is 11.1 Å². The van der Waals surface area contributed by atoms with Gasteiger partial charge in [0.25, 0.3) is 0 Å². The largest absolute Gasteiger partial charge is 0.497 e. The third kappa shape index (κ3) is 5.36. The predicted molar refractivity (Wildman–Crippen MR) is 150 cm³/mol. The zero-order valence-corrected chi connectivity index (χ0v) is 23.9. The van der Waals surface area contributed by atoms with E-state index in [4.69, 9.17) is 23.9 Å². The molecule has 0 saturated carbocycles. The van der Waals surface area contributed by atoms with Crippen LogP contribution < -0.4 is 14.8 Å². The molecule has 3 atom stereocenters. The molecular weight excluding hydrogens is 516 g/mol. The number of hydrogen-bond donors (Lipinski definition) is 1. The molecule has 1 aliphatic rings.